The van der Waals surface area contributed by atoms with Crippen LogP contribution in [0.25, 0.3) is 22.2 Å². The van der Waals surface area contributed by atoms with E-state index in [4.69, 9.17) is 19.2 Å². The van der Waals surface area contributed by atoms with E-state index in [1.807, 2.05) is 6.07 Å². The highest BCUT2D eigenvalue weighted by Gasteiger charge is 2.47. The van der Waals surface area contributed by atoms with Crippen LogP contribution in [0.2, 0.25) is 0 Å². The number of methoxy groups -OCH3 is 1. The molecule has 2 aliphatic rings. The van der Waals surface area contributed by atoms with Crippen molar-refractivity contribution in [3.05, 3.63) is 83.4 Å². The number of hydrogen-bond donors (Lipinski definition) is 2. The van der Waals surface area contributed by atoms with Crippen LogP contribution in [0.15, 0.2) is 60.8 Å². The van der Waals surface area contributed by atoms with Gasteiger partial charge in [-0.25, -0.2) is 9.37 Å². The summed E-state index contributed by atoms with van der Waals surface area (Å²) in [7, 11) is 1.53. The van der Waals surface area contributed by atoms with Gasteiger partial charge in [0.05, 0.1) is 32.1 Å². The zero-order valence-electron chi connectivity index (χ0n) is 24.1. The number of nitrogens with one attached hydrogen (secondary N) is 1. The maximum Gasteiger partial charge on any atom is 0.234 e. The number of benzene rings is 2. The third kappa shape index (κ3) is 5.32. The van der Waals surface area contributed by atoms with E-state index in [9.17, 15) is 19.1 Å². The van der Waals surface area contributed by atoms with Gasteiger partial charge in [-0.05, 0) is 68.8 Å². The third-order valence-corrected chi connectivity index (χ3v) is 8.27. The van der Waals surface area contributed by atoms with Crippen molar-refractivity contribution >= 4 is 22.6 Å². The maximum atomic E-state index is 13.8. The van der Waals surface area contributed by atoms with Gasteiger partial charge in [-0.3, -0.25) is 14.6 Å². The van der Waals surface area contributed by atoms with Crippen LogP contribution in [0.1, 0.15) is 48.3 Å². The van der Waals surface area contributed by atoms with Crippen molar-refractivity contribution in [1.29, 1.82) is 0 Å². The molecule has 1 saturated heterocycles. The molecule has 0 radical (unpaired) electrons. The molecule has 6 rings (SSSR count). The van der Waals surface area contributed by atoms with Crippen LogP contribution in [-0.2, 0) is 20.5 Å². The second-order valence-electron chi connectivity index (χ2n) is 11.5. The summed E-state index contributed by atoms with van der Waals surface area (Å²) >= 11 is 0. The number of ketones is 1. The standard InChI is InChI=1S/C33H32FN3O6/c1-32(31(39)36-23-16-42-17-23)18-43-30-24(32)15-27(37-29(30)19-6-8-22(34)9-7-19)33(2,40)11-10-25(38)21-13-20-5-4-12-35-28(20)26(14-21)41-3/h4-9,12-15,23,40H,10-11,16-18H2,1-3H3,(H,36,39)/t32-,33-/m0/s1. The van der Waals surface area contributed by atoms with Crippen molar-refractivity contribution in [3.63, 3.8) is 0 Å². The molecule has 222 valence electrons. The van der Waals surface area contributed by atoms with Crippen molar-refractivity contribution in [2.45, 2.75) is 43.7 Å². The monoisotopic (exact) mass is 585 g/mol. The number of aliphatic hydroxyl groups is 1. The molecule has 2 aliphatic heterocycles. The molecular weight excluding hydrogens is 553 g/mol. The van der Waals surface area contributed by atoms with Crippen LogP contribution in [-0.4, -0.2) is 59.7 Å². The molecule has 10 heteroatoms. The molecule has 43 heavy (non-hydrogen) atoms. The average molecular weight is 586 g/mol. The topological polar surface area (TPSA) is 120 Å². The molecule has 1 fully saturated rings. The molecule has 9 nitrogen and oxygen atoms in total. The number of rotatable bonds is 9. The van der Waals surface area contributed by atoms with Gasteiger partial charge in [-0.2, -0.15) is 0 Å². The van der Waals surface area contributed by atoms with Gasteiger partial charge in [0, 0.05) is 34.7 Å². The van der Waals surface area contributed by atoms with Crippen molar-refractivity contribution < 1.29 is 33.3 Å². The summed E-state index contributed by atoms with van der Waals surface area (Å²) in [5.74, 6) is 0.0805. The number of aromatic nitrogens is 2. The molecule has 0 saturated carbocycles. The fourth-order valence-corrected chi connectivity index (χ4v) is 5.42. The summed E-state index contributed by atoms with van der Waals surface area (Å²) in [6.45, 7) is 4.33. The number of hydrogen-bond acceptors (Lipinski definition) is 8. The minimum Gasteiger partial charge on any atom is -0.494 e. The van der Waals surface area contributed by atoms with E-state index in [0.717, 1.165) is 5.39 Å². The number of pyridine rings is 2. The minimum absolute atomic E-state index is 0.0164. The van der Waals surface area contributed by atoms with Gasteiger partial charge in [0.2, 0.25) is 5.91 Å². The van der Waals surface area contributed by atoms with Gasteiger partial charge in [0.1, 0.15) is 46.1 Å². The number of fused-ring (bicyclic) bond motifs is 2. The summed E-state index contributed by atoms with van der Waals surface area (Å²) in [5.41, 5.74) is 0.267. The predicted molar refractivity (Wildman–Crippen MR) is 157 cm³/mol. The van der Waals surface area contributed by atoms with Gasteiger partial charge in [0.15, 0.2) is 5.78 Å². The van der Waals surface area contributed by atoms with E-state index in [1.165, 1.54) is 19.2 Å². The molecule has 0 bridgehead atoms. The number of amides is 1. The van der Waals surface area contributed by atoms with Gasteiger partial charge in [-0.1, -0.05) is 6.07 Å². The molecule has 2 N–H and O–H groups in total. The number of nitrogens with zero attached hydrogens (tertiary/aromatic N) is 2. The second-order valence-corrected chi connectivity index (χ2v) is 11.5. The number of ether oxygens (including phenoxy) is 3. The molecule has 4 heterocycles. The first-order chi connectivity index (χ1) is 20.6. The quantitative estimate of drug-likeness (QED) is 0.276. The van der Waals surface area contributed by atoms with Crippen LogP contribution in [0.3, 0.4) is 0 Å². The van der Waals surface area contributed by atoms with E-state index in [1.54, 1.807) is 56.4 Å². The Morgan fingerprint density at radius 2 is 1.95 bits per heavy atom. The first kappa shape index (κ1) is 28.7. The minimum atomic E-state index is -1.55. The molecule has 2 atom stereocenters. The van der Waals surface area contributed by atoms with E-state index in [2.05, 4.69) is 10.3 Å². The predicted octanol–water partition coefficient (Wildman–Crippen LogP) is 4.48. The van der Waals surface area contributed by atoms with E-state index in [-0.39, 0.29) is 42.9 Å². The highest BCUT2D eigenvalue weighted by Crippen LogP contribution is 2.46. The van der Waals surface area contributed by atoms with Crippen LogP contribution in [0.5, 0.6) is 11.5 Å². The van der Waals surface area contributed by atoms with Crippen molar-refractivity contribution in [2.75, 3.05) is 26.9 Å². The average Bonchev–Trinajstić information content (AvgIpc) is 3.34. The lowest BCUT2D eigenvalue weighted by molar-refractivity contribution is -0.130. The maximum absolute atomic E-state index is 13.8. The molecule has 0 spiro atoms. The molecule has 2 aromatic heterocycles. The summed E-state index contributed by atoms with van der Waals surface area (Å²) in [6.07, 6.45) is 1.73. The fraction of sp³-hybridized carbons (Fsp3) is 0.333. The summed E-state index contributed by atoms with van der Waals surface area (Å²) in [6, 6.07) is 14.5. The molecule has 0 aliphatic carbocycles. The Morgan fingerprint density at radius 1 is 1.19 bits per heavy atom. The number of Topliss-reactive ketones (excluding diaryl/α,β-unsaturated/α-hetero) is 1. The van der Waals surface area contributed by atoms with Crippen molar-refractivity contribution in [3.8, 4) is 22.8 Å². The molecule has 0 unspecified atom stereocenters. The number of halogens is 1. The molecule has 4 aromatic rings. The summed E-state index contributed by atoms with van der Waals surface area (Å²) in [5, 5.41) is 15.5. The first-order valence-electron chi connectivity index (χ1n) is 14.1. The van der Waals surface area contributed by atoms with Crippen molar-refractivity contribution in [1.82, 2.24) is 15.3 Å². The number of carbonyl (C=O) groups excluding carboxylic acids is 2. The van der Waals surface area contributed by atoms with Gasteiger partial charge in [0.25, 0.3) is 0 Å². The smallest absolute Gasteiger partial charge is 0.234 e. The van der Waals surface area contributed by atoms with Crippen LogP contribution in [0, 0.1) is 5.82 Å². The Bertz CT molecular complexity index is 1720. The van der Waals surface area contributed by atoms with Gasteiger partial charge in [-0.15, -0.1) is 0 Å². The number of carbonyl (C=O) groups is 2. The molecular formula is C33H32FN3O6. The van der Waals surface area contributed by atoms with E-state index in [0.29, 0.717) is 52.6 Å². The lowest BCUT2D eigenvalue weighted by Gasteiger charge is -2.31. The fourth-order valence-electron chi connectivity index (χ4n) is 5.42. The highest BCUT2D eigenvalue weighted by atomic mass is 19.1. The van der Waals surface area contributed by atoms with Crippen LogP contribution < -0.4 is 14.8 Å². The van der Waals surface area contributed by atoms with Gasteiger partial charge >= 0.3 is 0 Å². The van der Waals surface area contributed by atoms with E-state index >= 15 is 0 Å². The molecule has 2 aromatic carbocycles. The summed E-state index contributed by atoms with van der Waals surface area (Å²) < 4.78 is 30.5. The Morgan fingerprint density at radius 3 is 2.65 bits per heavy atom. The Balaban J connectivity index is 1.33. The Kier molecular flexibility index (Phi) is 7.35. The first-order valence-corrected chi connectivity index (χ1v) is 14.1. The zero-order chi connectivity index (χ0) is 30.4. The second kappa shape index (κ2) is 11.0. The normalized spacial score (nSPS) is 19.2. The lowest BCUT2D eigenvalue weighted by Crippen LogP contribution is -2.54. The van der Waals surface area contributed by atoms with Crippen molar-refractivity contribution in [2.24, 2.45) is 0 Å². The molecule has 1 amide bonds. The zero-order valence-corrected chi connectivity index (χ0v) is 24.1. The Labute approximate surface area is 248 Å². The third-order valence-electron chi connectivity index (χ3n) is 8.27. The van der Waals surface area contributed by atoms with E-state index < -0.39 is 16.8 Å². The van der Waals surface area contributed by atoms with Gasteiger partial charge < -0.3 is 24.6 Å². The van der Waals surface area contributed by atoms with Crippen LogP contribution in [0.4, 0.5) is 4.39 Å². The Hall–Kier alpha value is -4.41. The largest absolute Gasteiger partial charge is 0.494 e. The SMILES string of the molecule is COc1cc(C(=O)CC[C@](C)(O)c2cc3c(c(-c4ccc(F)cc4)n2)OC[C@]3(C)C(=O)NC2COC2)cc2cccnc12. The lowest BCUT2D eigenvalue weighted by atomic mass is 9.81. The van der Waals surface area contributed by atoms with Crippen LogP contribution >= 0.6 is 0 Å². The highest BCUT2D eigenvalue weighted by molar-refractivity contribution is 6.01. The summed E-state index contributed by atoms with van der Waals surface area (Å²) in [4.78, 5) is 35.9.